The van der Waals surface area contributed by atoms with Crippen LogP contribution >= 0.6 is 0 Å². The Bertz CT molecular complexity index is 960. The lowest BCUT2D eigenvalue weighted by Gasteiger charge is -2.32. The molecule has 1 fully saturated rings. The lowest BCUT2D eigenvalue weighted by Crippen LogP contribution is -2.43. The normalized spacial score (nSPS) is 15.6. The van der Waals surface area contributed by atoms with Crippen molar-refractivity contribution in [2.75, 3.05) is 33.3 Å². The minimum atomic E-state index is -3.72. The number of carbonyl (C=O) groups excluding carboxylic acids is 3. The van der Waals surface area contributed by atoms with E-state index >= 15 is 0 Å². The molecule has 9 nitrogen and oxygen atoms in total. The molecule has 1 saturated heterocycles. The van der Waals surface area contributed by atoms with E-state index in [0.29, 0.717) is 31.4 Å². The fraction of sp³-hybridized carbons (Fsp3) is 0.625. The smallest absolute Gasteiger partial charge is 0.338 e. The fourth-order valence-electron chi connectivity index (χ4n) is 3.74. The van der Waals surface area contributed by atoms with Crippen molar-refractivity contribution in [3.63, 3.8) is 0 Å². The Kier molecular flexibility index (Phi) is 9.64. The summed E-state index contributed by atoms with van der Waals surface area (Å²) in [4.78, 5) is 38.1. The Labute approximate surface area is 202 Å². The summed E-state index contributed by atoms with van der Waals surface area (Å²) in [5.74, 6) is -1.09. The average Bonchev–Trinajstić information content (AvgIpc) is 2.77. The van der Waals surface area contributed by atoms with E-state index < -0.39 is 21.6 Å². The Morgan fingerprint density at radius 1 is 1.09 bits per heavy atom. The molecule has 1 aromatic carbocycles. The first-order valence-corrected chi connectivity index (χ1v) is 13.0. The standard InChI is InChI=1S/C24H36N2O7S/c1-6-32-23(29)19-9-11-20(12-10-19)34(30,31)26-16-13-18(14-17-26)22(28)25(5)15-7-8-21(27)33-24(2,3)4/h9-12,18H,6-8,13-17H2,1-5H3. The van der Waals surface area contributed by atoms with Crippen molar-refractivity contribution >= 4 is 27.9 Å². The largest absolute Gasteiger partial charge is 0.462 e. The first-order valence-electron chi connectivity index (χ1n) is 11.6. The summed E-state index contributed by atoms with van der Waals surface area (Å²) in [5, 5.41) is 0. The molecule has 0 aliphatic carbocycles. The lowest BCUT2D eigenvalue weighted by molar-refractivity contribution is -0.155. The van der Waals surface area contributed by atoms with E-state index in [2.05, 4.69) is 0 Å². The third-order valence-electron chi connectivity index (χ3n) is 5.48. The van der Waals surface area contributed by atoms with Crippen LogP contribution in [0.3, 0.4) is 0 Å². The monoisotopic (exact) mass is 496 g/mol. The second-order valence-electron chi connectivity index (χ2n) is 9.37. The van der Waals surface area contributed by atoms with E-state index in [1.54, 1.807) is 18.9 Å². The van der Waals surface area contributed by atoms with E-state index in [-0.39, 0.29) is 48.8 Å². The van der Waals surface area contributed by atoms with Gasteiger partial charge in [-0.2, -0.15) is 4.31 Å². The minimum absolute atomic E-state index is 0.0416. The maximum Gasteiger partial charge on any atom is 0.338 e. The molecule has 0 bridgehead atoms. The highest BCUT2D eigenvalue weighted by Gasteiger charge is 2.33. The summed E-state index contributed by atoms with van der Waals surface area (Å²) in [6.45, 7) is 8.29. The van der Waals surface area contributed by atoms with Gasteiger partial charge in [0.2, 0.25) is 15.9 Å². The van der Waals surface area contributed by atoms with Crippen LogP contribution < -0.4 is 0 Å². The summed E-state index contributed by atoms with van der Waals surface area (Å²) in [7, 11) is -2.02. The molecule has 0 spiro atoms. The number of amides is 1. The van der Waals surface area contributed by atoms with Crippen molar-refractivity contribution in [1.82, 2.24) is 9.21 Å². The van der Waals surface area contributed by atoms with Gasteiger partial charge in [-0.15, -0.1) is 0 Å². The van der Waals surface area contributed by atoms with Crippen LogP contribution in [-0.4, -0.2) is 74.4 Å². The zero-order valence-corrected chi connectivity index (χ0v) is 21.5. The van der Waals surface area contributed by atoms with Gasteiger partial charge in [0.05, 0.1) is 17.1 Å². The third-order valence-corrected chi connectivity index (χ3v) is 7.39. The molecule has 34 heavy (non-hydrogen) atoms. The number of benzene rings is 1. The zero-order valence-electron chi connectivity index (χ0n) is 20.7. The van der Waals surface area contributed by atoms with E-state index in [9.17, 15) is 22.8 Å². The molecule has 10 heteroatoms. The van der Waals surface area contributed by atoms with Crippen molar-refractivity contribution < 1.29 is 32.3 Å². The van der Waals surface area contributed by atoms with Gasteiger partial charge in [0.1, 0.15) is 5.60 Å². The highest BCUT2D eigenvalue weighted by atomic mass is 32.2. The second-order valence-corrected chi connectivity index (χ2v) is 11.3. The van der Waals surface area contributed by atoms with Gasteiger partial charge < -0.3 is 14.4 Å². The van der Waals surface area contributed by atoms with Crippen LogP contribution in [0, 0.1) is 5.92 Å². The van der Waals surface area contributed by atoms with Crippen LogP contribution in [0.25, 0.3) is 0 Å². The van der Waals surface area contributed by atoms with Crippen molar-refractivity contribution in [3.8, 4) is 0 Å². The quantitative estimate of drug-likeness (QED) is 0.484. The number of rotatable bonds is 9. The highest BCUT2D eigenvalue weighted by molar-refractivity contribution is 7.89. The highest BCUT2D eigenvalue weighted by Crippen LogP contribution is 2.25. The number of piperidine rings is 1. The van der Waals surface area contributed by atoms with Gasteiger partial charge in [0, 0.05) is 39.0 Å². The molecular weight excluding hydrogens is 460 g/mol. The van der Waals surface area contributed by atoms with Gasteiger partial charge >= 0.3 is 11.9 Å². The van der Waals surface area contributed by atoms with Gasteiger partial charge in [0.25, 0.3) is 0 Å². The van der Waals surface area contributed by atoms with E-state index in [1.807, 2.05) is 20.8 Å². The molecule has 0 aromatic heterocycles. The molecule has 2 rings (SSSR count). The fourth-order valence-corrected chi connectivity index (χ4v) is 5.21. The second kappa shape index (κ2) is 11.8. The number of ether oxygens (including phenoxy) is 2. The van der Waals surface area contributed by atoms with Crippen molar-refractivity contribution in [2.45, 2.75) is 63.9 Å². The van der Waals surface area contributed by atoms with Crippen LogP contribution in [0.5, 0.6) is 0 Å². The number of hydrogen-bond acceptors (Lipinski definition) is 7. The zero-order chi connectivity index (χ0) is 25.5. The lowest BCUT2D eigenvalue weighted by atomic mass is 9.96. The SMILES string of the molecule is CCOC(=O)c1ccc(S(=O)(=O)N2CCC(C(=O)N(C)CCCC(=O)OC(C)(C)C)CC2)cc1. The third kappa shape index (κ3) is 7.80. The summed E-state index contributed by atoms with van der Waals surface area (Å²) in [6, 6.07) is 5.68. The number of esters is 2. The van der Waals surface area contributed by atoms with E-state index in [0.717, 1.165) is 0 Å². The Hall–Kier alpha value is -2.46. The minimum Gasteiger partial charge on any atom is -0.462 e. The van der Waals surface area contributed by atoms with Gasteiger partial charge in [-0.3, -0.25) is 9.59 Å². The molecule has 1 heterocycles. The molecular formula is C24H36N2O7S. The van der Waals surface area contributed by atoms with Gasteiger partial charge in [-0.1, -0.05) is 0 Å². The van der Waals surface area contributed by atoms with E-state index in [4.69, 9.17) is 9.47 Å². The van der Waals surface area contributed by atoms with Crippen LogP contribution in [0.2, 0.25) is 0 Å². The number of sulfonamides is 1. The van der Waals surface area contributed by atoms with Crippen LogP contribution in [0.4, 0.5) is 0 Å². The van der Waals surface area contributed by atoms with Crippen molar-refractivity contribution in [1.29, 1.82) is 0 Å². The predicted octanol–water partition coefficient (Wildman–Crippen LogP) is 2.84. The molecule has 1 amide bonds. The number of carbonyl (C=O) groups is 3. The Morgan fingerprint density at radius 2 is 1.68 bits per heavy atom. The van der Waals surface area contributed by atoms with Gasteiger partial charge in [0.15, 0.2) is 0 Å². The predicted molar refractivity (Wildman–Crippen MR) is 127 cm³/mol. The average molecular weight is 497 g/mol. The summed E-state index contributed by atoms with van der Waals surface area (Å²) in [5.41, 5.74) is -0.240. The molecule has 0 atom stereocenters. The summed E-state index contributed by atoms with van der Waals surface area (Å²) < 4.78 is 37.5. The molecule has 0 N–H and O–H groups in total. The van der Waals surface area contributed by atoms with Crippen molar-refractivity contribution in [2.24, 2.45) is 5.92 Å². The van der Waals surface area contributed by atoms with Crippen LogP contribution in [0.15, 0.2) is 29.2 Å². The number of nitrogens with zero attached hydrogens (tertiary/aromatic N) is 2. The molecule has 1 aromatic rings. The Morgan fingerprint density at radius 3 is 2.21 bits per heavy atom. The van der Waals surface area contributed by atoms with Crippen LogP contribution in [0.1, 0.15) is 63.7 Å². The molecule has 1 aliphatic rings. The summed E-state index contributed by atoms with van der Waals surface area (Å²) >= 11 is 0. The Balaban J connectivity index is 1.86. The summed E-state index contributed by atoms with van der Waals surface area (Å²) in [6.07, 6.45) is 1.59. The van der Waals surface area contributed by atoms with Crippen molar-refractivity contribution in [3.05, 3.63) is 29.8 Å². The molecule has 0 radical (unpaired) electrons. The topological polar surface area (TPSA) is 110 Å². The van der Waals surface area contributed by atoms with Gasteiger partial charge in [-0.05, 0) is 71.2 Å². The first kappa shape index (κ1) is 27.8. The van der Waals surface area contributed by atoms with Crippen LogP contribution in [-0.2, 0) is 29.1 Å². The molecule has 0 saturated carbocycles. The maximum absolute atomic E-state index is 13.0. The van der Waals surface area contributed by atoms with Gasteiger partial charge in [-0.25, -0.2) is 13.2 Å². The molecule has 190 valence electrons. The molecule has 1 aliphatic heterocycles. The molecule has 0 unspecified atom stereocenters. The maximum atomic E-state index is 13.0. The first-order chi connectivity index (χ1) is 15.8. The van der Waals surface area contributed by atoms with E-state index in [1.165, 1.54) is 28.6 Å². The number of hydrogen-bond donors (Lipinski definition) is 0.